The molecular formula is C26H23Br2F2IN2O2. The zero-order valence-corrected chi connectivity index (χ0v) is 24.3. The van der Waals surface area contributed by atoms with Crippen LogP contribution in [0.5, 0.6) is 5.75 Å². The van der Waals surface area contributed by atoms with Crippen molar-refractivity contribution < 1.29 is 18.6 Å². The molecule has 35 heavy (non-hydrogen) atoms. The molecule has 0 unspecified atom stereocenters. The molecule has 2 heterocycles. The van der Waals surface area contributed by atoms with Gasteiger partial charge < -0.3 is 9.84 Å². The molecule has 0 spiro atoms. The lowest BCUT2D eigenvalue weighted by Crippen LogP contribution is -1.97. The number of pyridine rings is 2. The van der Waals surface area contributed by atoms with Crippen LogP contribution in [0.25, 0.3) is 0 Å². The fraction of sp³-hybridized carbons (Fsp3) is 0.154. The first kappa shape index (κ1) is 29.3. The van der Waals surface area contributed by atoms with E-state index in [1.54, 1.807) is 18.5 Å². The van der Waals surface area contributed by atoms with Crippen molar-refractivity contribution in [1.82, 2.24) is 9.97 Å². The summed E-state index contributed by atoms with van der Waals surface area (Å²) in [4.78, 5) is 8.15. The van der Waals surface area contributed by atoms with Crippen molar-refractivity contribution >= 4 is 54.5 Å². The predicted molar refractivity (Wildman–Crippen MR) is 149 cm³/mol. The van der Waals surface area contributed by atoms with Crippen LogP contribution in [-0.4, -0.2) is 15.1 Å². The van der Waals surface area contributed by atoms with E-state index in [1.807, 2.05) is 44.2 Å². The molecule has 0 saturated carbocycles. The Bertz CT molecular complexity index is 1140. The van der Waals surface area contributed by atoms with Gasteiger partial charge in [-0.3, -0.25) is 9.97 Å². The molecule has 0 amide bonds. The minimum atomic E-state index is -0.323. The number of nitrogens with zero attached hydrogens (tertiary/aromatic N) is 2. The number of hydrogen-bond donors (Lipinski definition) is 1. The van der Waals surface area contributed by atoms with Crippen LogP contribution in [-0.2, 0) is 13.2 Å². The molecule has 0 fully saturated rings. The van der Waals surface area contributed by atoms with E-state index in [2.05, 4.69) is 64.4 Å². The highest BCUT2D eigenvalue weighted by molar-refractivity contribution is 14.1. The molecule has 0 saturated heterocycles. The number of aromatic nitrogens is 2. The number of benzene rings is 2. The van der Waals surface area contributed by atoms with Gasteiger partial charge in [0.2, 0.25) is 0 Å². The maximum absolute atomic E-state index is 13.1. The first-order chi connectivity index (χ1) is 16.6. The fourth-order valence-corrected chi connectivity index (χ4v) is 4.45. The van der Waals surface area contributed by atoms with Gasteiger partial charge in [-0.1, -0.05) is 44.0 Å². The summed E-state index contributed by atoms with van der Waals surface area (Å²) < 4.78 is 33.3. The Morgan fingerprint density at radius 1 is 0.800 bits per heavy atom. The number of rotatable bonds is 4. The quantitative estimate of drug-likeness (QED) is 0.218. The molecule has 9 heteroatoms. The van der Waals surface area contributed by atoms with Crippen LogP contribution in [0, 0.1) is 29.1 Å². The van der Waals surface area contributed by atoms with Crippen molar-refractivity contribution in [2.24, 2.45) is 0 Å². The molecule has 0 aliphatic rings. The molecule has 2 aromatic heterocycles. The SMILES string of the molecule is Cc1ccc(CO)cn1.Cc1ccc(COc2cc(F)cc(Br)c2)cn1.Fc1cc(Br)cc(I)c1. The van der Waals surface area contributed by atoms with Gasteiger partial charge in [0.15, 0.2) is 0 Å². The normalized spacial score (nSPS) is 9.94. The summed E-state index contributed by atoms with van der Waals surface area (Å²) in [7, 11) is 0. The van der Waals surface area contributed by atoms with Gasteiger partial charge in [-0.05, 0) is 84.5 Å². The first-order valence-electron chi connectivity index (χ1n) is 10.3. The highest BCUT2D eigenvalue weighted by Crippen LogP contribution is 2.21. The third-order valence-corrected chi connectivity index (χ3v) is 5.74. The number of aliphatic hydroxyl groups excluding tert-OH is 1. The van der Waals surface area contributed by atoms with Gasteiger partial charge in [-0.15, -0.1) is 0 Å². The summed E-state index contributed by atoms with van der Waals surface area (Å²) in [5.41, 5.74) is 3.76. The van der Waals surface area contributed by atoms with E-state index < -0.39 is 0 Å². The van der Waals surface area contributed by atoms with Crippen LogP contribution in [0.3, 0.4) is 0 Å². The second kappa shape index (κ2) is 15.2. The van der Waals surface area contributed by atoms with Crippen LogP contribution >= 0.6 is 54.5 Å². The molecule has 4 aromatic rings. The summed E-state index contributed by atoms with van der Waals surface area (Å²) in [6.07, 6.45) is 3.43. The van der Waals surface area contributed by atoms with E-state index in [9.17, 15) is 8.78 Å². The number of aliphatic hydroxyl groups is 1. The Morgan fingerprint density at radius 2 is 1.34 bits per heavy atom. The average molecular weight is 720 g/mol. The molecule has 1 N–H and O–H groups in total. The van der Waals surface area contributed by atoms with Crippen LogP contribution < -0.4 is 4.74 Å². The Hall–Kier alpha value is -1.95. The van der Waals surface area contributed by atoms with Crippen molar-refractivity contribution in [1.29, 1.82) is 0 Å². The van der Waals surface area contributed by atoms with Gasteiger partial charge in [0.25, 0.3) is 0 Å². The summed E-state index contributed by atoms with van der Waals surface area (Å²) in [5.74, 6) is -0.0253. The Morgan fingerprint density at radius 3 is 1.80 bits per heavy atom. The van der Waals surface area contributed by atoms with E-state index in [-0.39, 0.29) is 18.2 Å². The molecule has 0 bridgehead atoms. The number of ether oxygens (including phenoxy) is 1. The lowest BCUT2D eigenvalue weighted by molar-refractivity contribution is 0.281. The summed E-state index contributed by atoms with van der Waals surface area (Å²) >= 11 is 8.45. The predicted octanol–water partition coefficient (Wildman–Crippen LogP) is 7.95. The summed E-state index contributed by atoms with van der Waals surface area (Å²) in [6, 6.07) is 16.8. The Kier molecular flexibility index (Phi) is 12.7. The molecule has 4 nitrogen and oxygen atoms in total. The molecule has 0 aliphatic heterocycles. The topological polar surface area (TPSA) is 55.2 Å². The van der Waals surface area contributed by atoms with E-state index >= 15 is 0 Å². The molecule has 0 radical (unpaired) electrons. The number of halogens is 5. The summed E-state index contributed by atoms with van der Waals surface area (Å²) in [5, 5.41) is 8.59. The smallest absolute Gasteiger partial charge is 0.128 e. The Labute approximate surface area is 234 Å². The molecule has 0 aliphatic carbocycles. The third-order valence-electron chi connectivity index (χ3n) is 4.20. The summed E-state index contributed by atoms with van der Waals surface area (Å²) in [6.45, 7) is 4.30. The average Bonchev–Trinajstić information content (AvgIpc) is 2.79. The van der Waals surface area contributed by atoms with Crippen molar-refractivity contribution in [3.8, 4) is 5.75 Å². The molecular weight excluding hydrogens is 697 g/mol. The molecule has 4 rings (SSSR count). The molecule has 0 atom stereocenters. The third kappa shape index (κ3) is 12.0. The van der Waals surface area contributed by atoms with Crippen LogP contribution in [0.15, 0.2) is 82.0 Å². The minimum Gasteiger partial charge on any atom is -0.489 e. The van der Waals surface area contributed by atoms with Crippen LogP contribution in [0.4, 0.5) is 8.78 Å². The number of aryl methyl sites for hydroxylation is 2. The zero-order valence-electron chi connectivity index (χ0n) is 19.0. The van der Waals surface area contributed by atoms with Crippen LogP contribution in [0.1, 0.15) is 22.5 Å². The minimum absolute atomic E-state index is 0.0767. The van der Waals surface area contributed by atoms with E-state index in [1.165, 1.54) is 24.3 Å². The van der Waals surface area contributed by atoms with E-state index in [0.29, 0.717) is 16.8 Å². The van der Waals surface area contributed by atoms with Crippen LogP contribution in [0.2, 0.25) is 0 Å². The monoisotopic (exact) mass is 718 g/mol. The van der Waals surface area contributed by atoms with Crippen molar-refractivity contribution in [2.45, 2.75) is 27.1 Å². The highest BCUT2D eigenvalue weighted by Gasteiger charge is 2.01. The fourth-order valence-electron chi connectivity index (χ4n) is 2.47. The maximum atomic E-state index is 13.1. The lowest BCUT2D eigenvalue weighted by atomic mass is 10.2. The molecule has 184 valence electrons. The van der Waals surface area contributed by atoms with Crippen molar-refractivity contribution in [3.63, 3.8) is 0 Å². The standard InChI is InChI=1S/C13H11BrFNO.C7H9NO.C6H3BrFI/c1-9-2-3-10(7-16-9)8-17-13-5-11(14)4-12(15)6-13;1-6-2-3-7(5-9)4-8-6;7-4-1-5(8)3-6(9)2-4/h2-7H,8H2,1H3;2-4,9H,5H2,1H3;1-3H. The second-order valence-electron chi connectivity index (χ2n) is 7.26. The zero-order chi connectivity index (χ0) is 25.8. The van der Waals surface area contributed by atoms with Crippen molar-refractivity contribution in [2.75, 3.05) is 0 Å². The van der Waals surface area contributed by atoms with Gasteiger partial charge >= 0.3 is 0 Å². The lowest BCUT2D eigenvalue weighted by Gasteiger charge is -2.06. The highest BCUT2D eigenvalue weighted by atomic mass is 127. The van der Waals surface area contributed by atoms with Gasteiger partial charge in [-0.25, -0.2) is 8.78 Å². The van der Waals surface area contributed by atoms with E-state index in [0.717, 1.165) is 30.6 Å². The molecule has 2 aromatic carbocycles. The Balaban J connectivity index is 0.000000203. The van der Waals surface area contributed by atoms with E-state index in [4.69, 9.17) is 9.84 Å². The second-order valence-corrected chi connectivity index (χ2v) is 10.3. The van der Waals surface area contributed by atoms with Gasteiger partial charge in [0.05, 0.1) is 6.61 Å². The first-order valence-corrected chi connectivity index (χ1v) is 13.0. The number of hydrogen-bond acceptors (Lipinski definition) is 4. The van der Waals surface area contributed by atoms with Gasteiger partial charge in [0.1, 0.15) is 24.0 Å². The van der Waals surface area contributed by atoms with Gasteiger partial charge in [-0.2, -0.15) is 0 Å². The maximum Gasteiger partial charge on any atom is 0.128 e. The largest absolute Gasteiger partial charge is 0.489 e. The van der Waals surface area contributed by atoms with Crippen molar-refractivity contribution in [3.05, 3.63) is 120 Å². The van der Waals surface area contributed by atoms with Gasteiger partial charge in [0, 0.05) is 47.9 Å².